The smallest absolute Gasteiger partial charge is 0.0860 e. The third-order valence-electron chi connectivity index (χ3n) is 3.80. The van der Waals surface area contributed by atoms with Gasteiger partial charge in [0.15, 0.2) is 0 Å². The molecule has 2 unspecified atom stereocenters. The molecule has 3 rings (SSSR count). The van der Waals surface area contributed by atoms with E-state index in [1.807, 2.05) is 11.8 Å². The Morgan fingerprint density at radius 2 is 2.10 bits per heavy atom. The van der Waals surface area contributed by atoms with E-state index in [0.717, 1.165) is 24.7 Å². The quantitative estimate of drug-likeness (QED) is 0.928. The minimum Gasteiger partial charge on any atom is -0.375 e. The van der Waals surface area contributed by atoms with Crippen LogP contribution in [0.1, 0.15) is 18.5 Å². The van der Waals surface area contributed by atoms with Crippen LogP contribution in [-0.2, 0) is 4.74 Å². The van der Waals surface area contributed by atoms with Gasteiger partial charge in [-0.25, -0.2) is 0 Å². The molecule has 1 heterocycles. The minimum atomic E-state index is 0.263. The molecule has 0 amide bonds. The van der Waals surface area contributed by atoms with Crippen LogP contribution in [0.5, 0.6) is 0 Å². The Morgan fingerprint density at radius 1 is 1.25 bits per heavy atom. The molecule has 2 aromatic rings. The second kappa shape index (κ2) is 6.61. The van der Waals surface area contributed by atoms with Crippen LogP contribution in [0.2, 0.25) is 0 Å². The zero-order chi connectivity index (χ0) is 13.8. The molecule has 3 heteroatoms. The molecule has 2 aromatic carbocycles. The van der Waals surface area contributed by atoms with Crippen molar-refractivity contribution in [3.05, 3.63) is 48.0 Å². The molecule has 0 aliphatic carbocycles. The number of thioether (sulfide) groups is 1. The maximum atomic E-state index is 6.01. The van der Waals surface area contributed by atoms with Crippen LogP contribution in [0.15, 0.2) is 42.5 Å². The number of hydrogen-bond donors (Lipinski definition) is 1. The Bertz CT molecular complexity index is 560. The molecule has 20 heavy (non-hydrogen) atoms. The first-order valence-electron chi connectivity index (χ1n) is 7.30. The summed E-state index contributed by atoms with van der Waals surface area (Å²) < 4.78 is 6.01. The Balaban J connectivity index is 2.00. The third kappa shape index (κ3) is 2.85. The molecule has 0 saturated carbocycles. The monoisotopic (exact) mass is 287 g/mol. The molecule has 0 aromatic heterocycles. The van der Waals surface area contributed by atoms with Crippen LogP contribution in [0.25, 0.3) is 10.8 Å². The average Bonchev–Trinajstić information content (AvgIpc) is 2.53. The summed E-state index contributed by atoms with van der Waals surface area (Å²) in [4.78, 5) is 0. The van der Waals surface area contributed by atoms with E-state index in [2.05, 4.69) is 54.7 Å². The lowest BCUT2D eigenvalue weighted by molar-refractivity contribution is 0.0476. The number of hydrogen-bond acceptors (Lipinski definition) is 3. The van der Waals surface area contributed by atoms with E-state index in [0.29, 0.717) is 0 Å². The van der Waals surface area contributed by atoms with Crippen LogP contribution >= 0.6 is 11.8 Å². The average molecular weight is 287 g/mol. The number of rotatable bonds is 4. The first-order chi connectivity index (χ1) is 9.90. The predicted octanol–water partition coefficient (Wildman–Crippen LogP) is 3.62. The summed E-state index contributed by atoms with van der Waals surface area (Å²) in [5.41, 5.74) is 1.36. The van der Waals surface area contributed by atoms with Crippen molar-refractivity contribution in [1.82, 2.24) is 5.32 Å². The molecular weight excluding hydrogens is 266 g/mol. The van der Waals surface area contributed by atoms with E-state index >= 15 is 0 Å². The highest BCUT2D eigenvalue weighted by molar-refractivity contribution is 7.99. The molecule has 2 nitrogen and oxygen atoms in total. The number of nitrogens with one attached hydrogen (secondary N) is 1. The standard InChI is InChI=1S/C17H21NOS/c1-2-18-17(16-12-20-11-10-19-16)15-9-5-7-13-6-3-4-8-14(13)15/h3-9,16-18H,2,10-12H2,1H3. The summed E-state index contributed by atoms with van der Waals surface area (Å²) in [6.07, 6.45) is 0.263. The Labute approximate surface area is 124 Å². The number of ether oxygens (including phenoxy) is 1. The number of benzene rings is 2. The van der Waals surface area contributed by atoms with Gasteiger partial charge < -0.3 is 10.1 Å². The molecule has 2 atom stereocenters. The maximum absolute atomic E-state index is 6.01. The first kappa shape index (κ1) is 13.9. The van der Waals surface area contributed by atoms with Gasteiger partial charge in [0.05, 0.1) is 18.8 Å². The van der Waals surface area contributed by atoms with Crippen LogP contribution in [-0.4, -0.2) is 30.8 Å². The zero-order valence-electron chi connectivity index (χ0n) is 11.8. The normalized spacial score (nSPS) is 20.9. The Kier molecular flexibility index (Phi) is 4.61. The molecule has 0 spiro atoms. The lowest BCUT2D eigenvalue weighted by Gasteiger charge is -2.31. The highest BCUT2D eigenvalue weighted by Crippen LogP contribution is 2.30. The van der Waals surface area contributed by atoms with Crippen molar-refractivity contribution < 1.29 is 4.74 Å². The van der Waals surface area contributed by atoms with Crippen LogP contribution < -0.4 is 5.32 Å². The van der Waals surface area contributed by atoms with E-state index in [1.165, 1.54) is 16.3 Å². The molecule has 1 N–H and O–H groups in total. The highest BCUT2D eigenvalue weighted by Gasteiger charge is 2.26. The van der Waals surface area contributed by atoms with Gasteiger partial charge in [-0.1, -0.05) is 49.4 Å². The Morgan fingerprint density at radius 3 is 2.90 bits per heavy atom. The number of fused-ring (bicyclic) bond motifs is 1. The van der Waals surface area contributed by atoms with Crippen LogP contribution in [0.4, 0.5) is 0 Å². The van der Waals surface area contributed by atoms with Crippen molar-refractivity contribution in [2.45, 2.75) is 19.1 Å². The van der Waals surface area contributed by atoms with Crippen molar-refractivity contribution >= 4 is 22.5 Å². The SMILES string of the molecule is CCNC(c1cccc2ccccc12)C1CSCCO1. The molecule has 106 valence electrons. The molecular formula is C17H21NOS. The predicted molar refractivity (Wildman–Crippen MR) is 87.4 cm³/mol. The topological polar surface area (TPSA) is 21.3 Å². The summed E-state index contributed by atoms with van der Waals surface area (Å²) >= 11 is 1.99. The van der Waals surface area contributed by atoms with E-state index < -0.39 is 0 Å². The largest absolute Gasteiger partial charge is 0.375 e. The molecule has 0 radical (unpaired) electrons. The maximum Gasteiger partial charge on any atom is 0.0860 e. The van der Waals surface area contributed by atoms with Gasteiger partial charge in [-0.15, -0.1) is 0 Å². The molecule has 0 bridgehead atoms. The lowest BCUT2D eigenvalue weighted by Crippen LogP contribution is -2.38. The van der Waals surface area contributed by atoms with Gasteiger partial charge in [-0.2, -0.15) is 11.8 Å². The molecule has 1 aliphatic heterocycles. The van der Waals surface area contributed by atoms with Gasteiger partial charge in [0, 0.05) is 11.5 Å². The van der Waals surface area contributed by atoms with Gasteiger partial charge in [0.1, 0.15) is 0 Å². The highest BCUT2D eigenvalue weighted by atomic mass is 32.2. The van der Waals surface area contributed by atoms with E-state index in [1.54, 1.807) is 0 Å². The molecule has 1 aliphatic rings. The van der Waals surface area contributed by atoms with Crippen LogP contribution in [0.3, 0.4) is 0 Å². The summed E-state index contributed by atoms with van der Waals surface area (Å²) in [7, 11) is 0. The second-order valence-corrected chi connectivity index (χ2v) is 6.24. The summed E-state index contributed by atoms with van der Waals surface area (Å²) in [5, 5.41) is 6.26. The van der Waals surface area contributed by atoms with Crippen molar-refractivity contribution in [3.63, 3.8) is 0 Å². The fourth-order valence-electron chi connectivity index (χ4n) is 2.88. The second-order valence-electron chi connectivity index (χ2n) is 5.09. The Hall–Kier alpha value is -1.03. The van der Waals surface area contributed by atoms with Crippen molar-refractivity contribution in [2.24, 2.45) is 0 Å². The van der Waals surface area contributed by atoms with Crippen molar-refractivity contribution in [1.29, 1.82) is 0 Å². The van der Waals surface area contributed by atoms with Crippen molar-refractivity contribution in [2.75, 3.05) is 24.7 Å². The van der Waals surface area contributed by atoms with Gasteiger partial charge >= 0.3 is 0 Å². The van der Waals surface area contributed by atoms with Gasteiger partial charge in [-0.05, 0) is 22.9 Å². The van der Waals surface area contributed by atoms with Gasteiger partial charge in [0.25, 0.3) is 0 Å². The molecule has 1 saturated heterocycles. The van der Waals surface area contributed by atoms with Gasteiger partial charge in [0.2, 0.25) is 0 Å². The zero-order valence-corrected chi connectivity index (χ0v) is 12.7. The van der Waals surface area contributed by atoms with Crippen LogP contribution in [0, 0.1) is 0 Å². The van der Waals surface area contributed by atoms with E-state index in [4.69, 9.17) is 4.74 Å². The summed E-state index contributed by atoms with van der Waals surface area (Å²) in [6.45, 7) is 3.98. The minimum absolute atomic E-state index is 0.263. The third-order valence-corrected chi connectivity index (χ3v) is 4.82. The number of likely N-dealkylation sites (N-methyl/N-ethyl adjacent to an activating group) is 1. The first-order valence-corrected chi connectivity index (χ1v) is 8.46. The van der Waals surface area contributed by atoms with E-state index in [9.17, 15) is 0 Å². The van der Waals surface area contributed by atoms with Crippen molar-refractivity contribution in [3.8, 4) is 0 Å². The van der Waals surface area contributed by atoms with E-state index in [-0.39, 0.29) is 12.1 Å². The fraction of sp³-hybridized carbons (Fsp3) is 0.412. The summed E-state index contributed by atoms with van der Waals surface area (Å²) in [5.74, 6) is 2.19. The molecule has 1 fully saturated rings. The lowest BCUT2D eigenvalue weighted by atomic mass is 9.95. The fourth-order valence-corrected chi connectivity index (χ4v) is 3.78. The van der Waals surface area contributed by atoms with Gasteiger partial charge in [-0.3, -0.25) is 0 Å². The summed E-state index contributed by atoms with van der Waals surface area (Å²) in [6, 6.07) is 15.4.